The number of hydrogen-bond acceptors (Lipinski definition) is 1. The number of allylic oxidation sites excluding steroid dienone is 3. The van der Waals surface area contributed by atoms with Crippen LogP contribution in [0, 0.1) is 40.4 Å². The zero-order chi connectivity index (χ0) is 15.5. The Morgan fingerprint density at radius 3 is 2.73 bits per heavy atom. The van der Waals surface area contributed by atoms with Crippen molar-refractivity contribution in [2.45, 2.75) is 58.8 Å². The number of ketones is 1. The summed E-state index contributed by atoms with van der Waals surface area (Å²) >= 11 is 0. The quantitative estimate of drug-likeness (QED) is 0.610. The topological polar surface area (TPSA) is 17.1 Å². The van der Waals surface area contributed by atoms with Crippen LogP contribution in [-0.2, 0) is 4.79 Å². The Labute approximate surface area is 135 Å². The Morgan fingerprint density at radius 2 is 1.95 bits per heavy atom. The highest BCUT2D eigenvalue weighted by atomic mass is 16.1. The average molecular weight is 298 g/mol. The molecule has 0 amide bonds. The smallest absolute Gasteiger partial charge is 0.155 e. The molecule has 0 saturated heterocycles. The zero-order valence-corrected chi connectivity index (χ0v) is 14.2. The van der Waals surface area contributed by atoms with E-state index in [0.29, 0.717) is 17.1 Å². The van der Waals surface area contributed by atoms with Crippen LogP contribution in [0.2, 0.25) is 0 Å². The van der Waals surface area contributed by atoms with Gasteiger partial charge in [0, 0.05) is 6.42 Å². The zero-order valence-electron chi connectivity index (χ0n) is 14.2. The molecule has 3 fully saturated rings. The number of fused-ring (bicyclic) bond motifs is 5. The minimum Gasteiger partial charge on any atom is -0.295 e. The molecule has 4 rings (SSSR count). The second kappa shape index (κ2) is 4.82. The Kier molecular flexibility index (Phi) is 3.23. The Hall–Kier alpha value is -0.850. The third kappa shape index (κ3) is 1.80. The molecule has 0 N–H and O–H groups in total. The van der Waals surface area contributed by atoms with E-state index < -0.39 is 0 Å². The van der Waals surface area contributed by atoms with Crippen LogP contribution in [0.5, 0.6) is 0 Å². The van der Waals surface area contributed by atoms with Crippen molar-refractivity contribution in [3.8, 4) is 0 Å². The summed E-state index contributed by atoms with van der Waals surface area (Å²) < 4.78 is 0. The number of carbonyl (C=O) groups is 1. The lowest BCUT2D eigenvalue weighted by Gasteiger charge is -2.58. The summed E-state index contributed by atoms with van der Waals surface area (Å²) in [5, 5.41) is 0. The second-order valence-electron chi connectivity index (χ2n) is 8.98. The molecule has 7 atom stereocenters. The molecule has 0 aromatic carbocycles. The van der Waals surface area contributed by atoms with Gasteiger partial charge in [-0.3, -0.25) is 4.79 Å². The largest absolute Gasteiger partial charge is 0.295 e. The molecule has 120 valence electrons. The molecule has 1 unspecified atom stereocenters. The SMILES string of the molecule is C=C[C@H]1CC[C@H]2[C@@H]3CCC4CC(=O)C=C[C@]4(C)[C@H]3CC[C@]12C. The van der Waals surface area contributed by atoms with Crippen LogP contribution >= 0.6 is 0 Å². The van der Waals surface area contributed by atoms with Crippen molar-refractivity contribution < 1.29 is 4.79 Å². The fourth-order valence-corrected chi connectivity index (χ4v) is 7.06. The first kappa shape index (κ1) is 14.7. The van der Waals surface area contributed by atoms with Gasteiger partial charge in [0.25, 0.3) is 0 Å². The molecule has 1 nitrogen and oxygen atoms in total. The molecule has 0 radical (unpaired) electrons. The molecule has 4 aliphatic rings. The summed E-state index contributed by atoms with van der Waals surface area (Å²) in [5.41, 5.74) is 0.782. The molecule has 1 heteroatoms. The van der Waals surface area contributed by atoms with E-state index in [-0.39, 0.29) is 5.41 Å². The van der Waals surface area contributed by atoms with E-state index in [9.17, 15) is 4.79 Å². The van der Waals surface area contributed by atoms with Gasteiger partial charge in [-0.25, -0.2) is 0 Å². The van der Waals surface area contributed by atoms with E-state index in [1.165, 1.54) is 38.5 Å². The van der Waals surface area contributed by atoms with E-state index in [1.54, 1.807) is 0 Å². The van der Waals surface area contributed by atoms with Crippen LogP contribution in [0.15, 0.2) is 24.8 Å². The van der Waals surface area contributed by atoms with E-state index in [0.717, 1.165) is 30.1 Å². The molecular formula is C21H30O. The maximum atomic E-state index is 11.8. The van der Waals surface area contributed by atoms with Crippen LogP contribution < -0.4 is 0 Å². The Bertz CT molecular complexity index is 532. The molecule has 3 saturated carbocycles. The third-order valence-electron chi connectivity index (χ3n) is 8.40. The van der Waals surface area contributed by atoms with Gasteiger partial charge in [0.1, 0.15) is 0 Å². The maximum Gasteiger partial charge on any atom is 0.155 e. The fraction of sp³-hybridized carbons (Fsp3) is 0.762. The highest BCUT2D eigenvalue weighted by molar-refractivity contribution is 5.91. The van der Waals surface area contributed by atoms with Crippen molar-refractivity contribution in [2.75, 3.05) is 0 Å². The standard InChI is InChI=1S/C21H30O/c1-4-14-6-8-18-17-7-5-15-13-16(22)9-11-21(15,3)19(17)10-12-20(14,18)2/h4,9,11,14-15,17-19H,1,5-8,10,12-13H2,2-3H3/t14-,15?,17-,18-,19-,20+,21-/m0/s1. The first-order valence-electron chi connectivity index (χ1n) is 9.33. The third-order valence-corrected chi connectivity index (χ3v) is 8.40. The van der Waals surface area contributed by atoms with Gasteiger partial charge >= 0.3 is 0 Å². The molecule has 0 spiro atoms. The van der Waals surface area contributed by atoms with E-state index in [4.69, 9.17) is 0 Å². The highest BCUT2D eigenvalue weighted by Crippen LogP contribution is 2.66. The van der Waals surface area contributed by atoms with Crippen molar-refractivity contribution >= 4 is 5.78 Å². The molecular weight excluding hydrogens is 268 g/mol. The van der Waals surface area contributed by atoms with Crippen LogP contribution in [0.3, 0.4) is 0 Å². The van der Waals surface area contributed by atoms with E-state index >= 15 is 0 Å². The predicted molar refractivity (Wildman–Crippen MR) is 90.3 cm³/mol. The van der Waals surface area contributed by atoms with Gasteiger partial charge in [-0.2, -0.15) is 0 Å². The van der Waals surface area contributed by atoms with E-state index in [1.807, 2.05) is 6.08 Å². The summed E-state index contributed by atoms with van der Waals surface area (Å²) in [7, 11) is 0. The highest BCUT2D eigenvalue weighted by Gasteiger charge is 2.58. The molecule has 0 aromatic rings. The van der Waals surface area contributed by atoms with Crippen LogP contribution in [0.25, 0.3) is 0 Å². The summed E-state index contributed by atoms with van der Waals surface area (Å²) in [6.07, 6.45) is 15.3. The Balaban J connectivity index is 1.67. The lowest BCUT2D eigenvalue weighted by atomic mass is 9.46. The van der Waals surface area contributed by atoms with Crippen molar-refractivity contribution in [3.05, 3.63) is 24.8 Å². The minimum atomic E-state index is 0.282. The van der Waals surface area contributed by atoms with Gasteiger partial charge in [0.05, 0.1) is 0 Å². The van der Waals surface area contributed by atoms with Crippen LogP contribution in [0.1, 0.15) is 58.8 Å². The fourth-order valence-electron chi connectivity index (χ4n) is 7.06. The molecule has 4 aliphatic carbocycles. The molecule has 0 aliphatic heterocycles. The summed E-state index contributed by atoms with van der Waals surface area (Å²) in [6, 6.07) is 0. The molecule has 0 bridgehead atoms. The second-order valence-corrected chi connectivity index (χ2v) is 8.98. The van der Waals surface area contributed by atoms with Crippen molar-refractivity contribution in [3.63, 3.8) is 0 Å². The monoisotopic (exact) mass is 298 g/mol. The summed E-state index contributed by atoms with van der Waals surface area (Å²) in [6.45, 7) is 9.12. The average Bonchev–Trinajstić information content (AvgIpc) is 2.84. The summed E-state index contributed by atoms with van der Waals surface area (Å²) in [5.74, 6) is 4.26. The van der Waals surface area contributed by atoms with Crippen molar-refractivity contribution in [1.82, 2.24) is 0 Å². The first-order valence-corrected chi connectivity index (χ1v) is 9.33. The molecule has 22 heavy (non-hydrogen) atoms. The predicted octanol–water partition coefficient (Wildman–Crippen LogP) is 5.18. The lowest BCUT2D eigenvalue weighted by molar-refractivity contribution is -0.122. The van der Waals surface area contributed by atoms with Gasteiger partial charge in [-0.15, -0.1) is 6.58 Å². The van der Waals surface area contributed by atoms with Crippen molar-refractivity contribution in [1.29, 1.82) is 0 Å². The lowest BCUT2D eigenvalue weighted by Crippen LogP contribution is -2.52. The van der Waals surface area contributed by atoms with Crippen molar-refractivity contribution in [2.24, 2.45) is 40.4 Å². The van der Waals surface area contributed by atoms with Gasteiger partial charge in [0.2, 0.25) is 0 Å². The maximum absolute atomic E-state index is 11.8. The number of carbonyl (C=O) groups excluding carboxylic acids is 1. The van der Waals surface area contributed by atoms with Crippen LogP contribution in [0.4, 0.5) is 0 Å². The van der Waals surface area contributed by atoms with Gasteiger partial charge in [-0.1, -0.05) is 26.0 Å². The number of hydrogen-bond donors (Lipinski definition) is 0. The Morgan fingerprint density at radius 1 is 1.14 bits per heavy atom. The molecule has 0 heterocycles. The van der Waals surface area contributed by atoms with E-state index in [2.05, 4.69) is 32.6 Å². The normalized spacial score (nSPS) is 53.5. The van der Waals surface area contributed by atoms with Crippen LogP contribution in [-0.4, -0.2) is 5.78 Å². The minimum absolute atomic E-state index is 0.282. The van der Waals surface area contributed by atoms with Gasteiger partial charge < -0.3 is 0 Å². The number of rotatable bonds is 1. The summed E-state index contributed by atoms with van der Waals surface area (Å²) in [4.78, 5) is 11.8. The molecule has 0 aromatic heterocycles. The van der Waals surface area contributed by atoms with Gasteiger partial charge in [-0.05, 0) is 85.0 Å². The van der Waals surface area contributed by atoms with Gasteiger partial charge in [0.15, 0.2) is 5.78 Å². The first-order chi connectivity index (χ1) is 10.5.